The lowest BCUT2D eigenvalue weighted by Crippen LogP contribution is -2.15. The van der Waals surface area contributed by atoms with Crippen LogP contribution >= 0.6 is 23.1 Å². The fourth-order valence-corrected chi connectivity index (χ4v) is 4.75. The molecule has 0 spiro atoms. The molecule has 0 bridgehead atoms. The summed E-state index contributed by atoms with van der Waals surface area (Å²) in [5.74, 6) is 1.84. The van der Waals surface area contributed by atoms with Gasteiger partial charge in [0.15, 0.2) is 11.0 Å². The maximum atomic E-state index is 12.4. The Bertz CT molecular complexity index is 1160. The van der Waals surface area contributed by atoms with Crippen LogP contribution in [-0.2, 0) is 19.2 Å². The first kappa shape index (κ1) is 18.8. The Morgan fingerprint density at radius 3 is 2.71 bits per heavy atom. The van der Waals surface area contributed by atoms with Crippen molar-refractivity contribution in [2.45, 2.75) is 31.2 Å². The van der Waals surface area contributed by atoms with Crippen LogP contribution in [0.25, 0.3) is 16.3 Å². The van der Waals surface area contributed by atoms with Gasteiger partial charge in [-0.15, -0.1) is 10.2 Å². The van der Waals surface area contributed by atoms with E-state index >= 15 is 0 Å². The molecule has 0 amide bonds. The van der Waals surface area contributed by atoms with Crippen LogP contribution in [0.5, 0.6) is 0 Å². The maximum Gasteiger partial charge on any atom is 0.275 e. The Balaban J connectivity index is 1.55. The van der Waals surface area contributed by atoms with Gasteiger partial charge in [0.1, 0.15) is 5.01 Å². The lowest BCUT2D eigenvalue weighted by Gasteiger charge is -2.03. The Hall–Kier alpha value is -2.52. The molecule has 3 aromatic heterocycles. The zero-order chi connectivity index (χ0) is 19.7. The Morgan fingerprint density at radius 1 is 1.18 bits per heavy atom. The number of thioether (sulfide) groups is 1. The van der Waals surface area contributed by atoms with Crippen molar-refractivity contribution in [3.63, 3.8) is 0 Å². The molecule has 1 aromatic carbocycles. The molecule has 0 aliphatic carbocycles. The van der Waals surface area contributed by atoms with Gasteiger partial charge in [0.2, 0.25) is 4.96 Å². The van der Waals surface area contributed by atoms with Gasteiger partial charge in [-0.3, -0.25) is 4.79 Å². The van der Waals surface area contributed by atoms with E-state index in [4.69, 9.17) is 0 Å². The smallest absolute Gasteiger partial charge is 0.275 e. The largest absolute Gasteiger partial charge is 0.305 e. The van der Waals surface area contributed by atoms with Crippen molar-refractivity contribution < 1.29 is 0 Å². The number of hydrogen-bond acceptors (Lipinski definition) is 7. The van der Waals surface area contributed by atoms with E-state index in [2.05, 4.69) is 34.1 Å². The standard InChI is InChI=1S/C19H20N6OS2/c1-12(2)9-15-23-25-16(26)10-14(20-18(25)28-15)11-27-19-22-21-17(24(19)3)13-7-5-4-6-8-13/h4-8,10,12H,9,11H2,1-3H3. The summed E-state index contributed by atoms with van der Waals surface area (Å²) >= 11 is 2.99. The number of fused-ring (bicyclic) bond motifs is 1. The molecule has 0 radical (unpaired) electrons. The molecule has 3 heterocycles. The van der Waals surface area contributed by atoms with Gasteiger partial charge in [-0.1, -0.05) is 67.3 Å². The van der Waals surface area contributed by atoms with Gasteiger partial charge in [0.25, 0.3) is 5.56 Å². The average molecular weight is 413 g/mol. The number of nitrogens with zero attached hydrogens (tertiary/aromatic N) is 6. The molecule has 0 aliphatic heterocycles. The molecule has 0 N–H and O–H groups in total. The SMILES string of the molecule is CC(C)Cc1nn2c(=O)cc(CSc3nnc(-c4ccccc4)n3C)nc2s1. The highest BCUT2D eigenvalue weighted by atomic mass is 32.2. The van der Waals surface area contributed by atoms with Crippen molar-refractivity contribution in [3.8, 4) is 11.4 Å². The van der Waals surface area contributed by atoms with Crippen LogP contribution < -0.4 is 5.56 Å². The van der Waals surface area contributed by atoms with E-state index in [0.717, 1.165) is 33.7 Å². The summed E-state index contributed by atoms with van der Waals surface area (Å²) in [4.78, 5) is 17.6. The van der Waals surface area contributed by atoms with Gasteiger partial charge in [0, 0.05) is 30.9 Å². The van der Waals surface area contributed by atoms with Crippen molar-refractivity contribution in [1.29, 1.82) is 0 Å². The molecule has 144 valence electrons. The van der Waals surface area contributed by atoms with Crippen LogP contribution in [0, 0.1) is 5.92 Å². The predicted octanol–water partition coefficient (Wildman–Crippen LogP) is 3.44. The summed E-state index contributed by atoms with van der Waals surface area (Å²) in [5.41, 5.74) is 1.60. The molecule has 0 atom stereocenters. The highest BCUT2D eigenvalue weighted by Gasteiger charge is 2.13. The number of hydrogen-bond donors (Lipinski definition) is 0. The first-order chi connectivity index (χ1) is 13.5. The fourth-order valence-electron chi connectivity index (χ4n) is 2.82. The van der Waals surface area contributed by atoms with Gasteiger partial charge in [-0.05, 0) is 5.92 Å². The molecular formula is C19H20N6OS2. The second kappa shape index (κ2) is 7.84. The van der Waals surface area contributed by atoms with Gasteiger partial charge in [-0.25, -0.2) is 4.98 Å². The van der Waals surface area contributed by atoms with E-state index in [9.17, 15) is 4.79 Å². The normalized spacial score (nSPS) is 11.6. The zero-order valence-electron chi connectivity index (χ0n) is 15.9. The van der Waals surface area contributed by atoms with Crippen molar-refractivity contribution in [1.82, 2.24) is 29.4 Å². The summed E-state index contributed by atoms with van der Waals surface area (Å²) in [6, 6.07) is 11.5. The van der Waals surface area contributed by atoms with E-state index < -0.39 is 0 Å². The summed E-state index contributed by atoms with van der Waals surface area (Å²) in [5, 5.41) is 14.7. The highest BCUT2D eigenvalue weighted by Crippen LogP contribution is 2.25. The van der Waals surface area contributed by atoms with Crippen LogP contribution in [0.3, 0.4) is 0 Å². The molecule has 0 saturated heterocycles. The average Bonchev–Trinajstić information content (AvgIpc) is 3.23. The van der Waals surface area contributed by atoms with Crippen LogP contribution in [0.1, 0.15) is 24.5 Å². The molecular weight excluding hydrogens is 392 g/mol. The maximum absolute atomic E-state index is 12.4. The van der Waals surface area contributed by atoms with Crippen molar-refractivity contribution in [3.05, 3.63) is 57.5 Å². The van der Waals surface area contributed by atoms with E-state index in [-0.39, 0.29) is 5.56 Å². The van der Waals surface area contributed by atoms with Gasteiger partial charge in [0.05, 0.1) is 5.69 Å². The fraction of sp³-hybridized carbons (Fsp3) is 0.316. The van der Waals surface area contributed by atoms with Crippen LogP contribution in [0.15, 0.2) is 46.3 Å². The molecule has 0 fully saturated rings. The van der Waals surface area contributed by atoms with Crippen molar-refractivity contribution >= 4 is 28.1 Å². The number of benzene rings is 1. The molecule has 0 unspecified atom stereocenters. The van der Waals surface area contributed by atoms with E-state index in [0.29, 0.717) is 16.6 Å². The van der Waals surface area contributed by atoms with E-state index in [1.54, 1.807) is 6.07 Å². The van der Waals surface area contributed by atoms with Gasteiger partial charge in [-0.2, -0.15) is 9.61 Å². The minimum absolute atomic E-state index is 0.144. The Kier molecular flexibility index (Phi) is 5.27. The first-order valence-electron chi connectivity index (χ1n) is 8.97. The lowest BCUT2D eigenvalue weighted by molar-refractivity contribution is 0.635. The second-order valence-electron chi connectivity index (χ2n) is 6.89. The van der Waals surface area contributed by atoms with Gasteiger partial charge < -0.3 is 4.57 Å². The Labute approximate surface area is 170 Å². The summed E-state index contributed by atoms with van der Waals surface area (Å²) < 4.78 is 3.35. The van der Waals surface area contributed by atoms with Crippen LogP contribution in [0.2, 0.25) is 0 Å². The summed E-state index contributed by atoms with van der Waals surface area (Å²) in [7, 11) is 1.94. The topological polar surface area (TPSA) is 78.0 Å². The first-order valence-corrected chi connectivity index (χ1v) is 10.8. The predicted molar refractivity (Wildman–Crippen MR) is 112 cm³/mol. The summed E-state index contributed by atoms with van der Waals surface area (Å²) in [6.45, 7) is 4.27. The molecule has 7 nitrogen and oxygen atoms in total. The summed E-state index contributed by atoms with van der Waals surface area (Å²) in [6.07, 6.45) is 0.846. The van der Waals surface area contributed by atoms with Crippen molar-refractivity contribution in [2.24, 2.45) is 13.0 Å². The molecule has 28 heavy (non-hydrogen) atoms. The third-order valence-corrected chi connectivity index (χ3v) is 6.12. The Morgan fingerprint density at radius 2 is 1.96 bits per heavy atom. The van der Waals surface area contributed by atoms with Crippen LogP contribution in [0.4, 0.5) is 0 Å². The van der Waals surface area contributed by atoms with E-state index in [1.165, 1.54) is 27.6 Å². The monoisotopic (exact) mass is 412 g/mol. The molecule has 4 aromatic rings. The van der Waals surface area contributed by atoms with E-state index in [1.807, 2.05) is 41.9 Å². The third-order valence-electron chi connectivity index (χ3n) is 4.14. The van der Waals surface area contributed by atoms with Crippen LogP contribution in [-0.4, -0.2) is 29.4 Å². The van der Waals surface area contributed by atoms with Crippen molar-refractivity contribution in [2.75, 3.05) is 0 Å². The quantitative estimate of drug-likeness (QED) is 0.452. The van der Waals surface area contributed by atoms with Gasteiger partial charge >= 0.3 is 0 Å². The lowest BCUT2D eigenvalue weighted by atomic mass is 10.1. The zero-order valence-corrected chi connectivity index (χ0v) is 17.5. The number of aromatic nitrogens is 6. The molecule has 0 aliphatic rings. The molecule has 4 rings (SSSR count). The number of rotatable bonds is 6. The third kappa shape index (κ3) is 3.85. The molecule has 9 heteroatoms. The highest BCUT2D eigenvalue weighted by molar-refractivity contribution is 7.98. The minimum Gasteiger partial charge on any atom is -0.305 e. The molecule has 0 saturated carbocycles. The second-order valence-corrected chi connectivity index (χ2v) is 8.88. The minimum atomic E-state index is -0.144.